The highest BCUT2D eigenvalue weighted by molar-refractivity contribution is 5.83. The summed E-state index contributed by atoms with van der Waals surface area (Å²) < 4.78 is 5.36. The number of hydrogen-bond acceptors (Lipinski definition) is 4. The molecule has 2 aromatic rings. The van der Waals surface area contributed by atoms with E-state index in [0.717, 1.165) is 35.7 Å². The maximum Gasteiger partial charge on any atom is 0.325 e. The predicted molar refractivity (Wildman–Crippen MR) is 86.6 cm³/mol. The van der Waals surface area contributed by atoms with Gasteiger partial charge < -0.3 is 9.64 Å². The van der Waals surface area contributed by atoms with Crippen molar-refractivity contribution in [3.05, 3.63) is 42.1 Å². The van der Waals surface area contributed by atoms with Crippen molar-refractivity contribution in [3.63, 3.8) is 0 Å². The van der Waals surface area contributed by atoms with E-state index < -0.39 is 0 Å². The summed E-state index contributed by atoms with van der Waals surface area (Å²) in [6, 6.07) is 9.65. The number of ether oxygens (including phenoxy) is 1. The van der Waals surface area contributed by atoms with Gasteiger partial charge in [0, 0.05) is 30.1 Å². The van der Waals surface area contributed by atoms with Crippen molar-refractivity contribution in [1.29, 1.82) is 0 Å². The summed E-state index contributed by atoms with van der Waals surface area (Å²) in [7, 11) is 0. The molecule has 1 aliphatic rings. The average Bonchev–Trinajstić information content (AvgIpc) is 2.77. The Bertz CT molecular complexity index is 709. The zero-order valence-corrected chi connectivity index (χ0v) is 13.0. The summed E-state index contributed by atoms with van der Waals surface area (Å²) in [6.07, 6.45) is 5.15. The first kappa shape index (κ1) is 15.5. The molecule has 0 saturated carbocycles. The van der Waals surface area contributed by atoms with Crippen LogP contribution in [-0.2, 0) is 20.9 Å². The van der Waals surface area contributed by atoms with Crippen LogP contribution in [0.1, 0.15) is 31.2 Å². The number of para-hydroxylation sites is 1. The van der Waals surface area contributed by atoms with Crippen LogP contribution in [0.2, 0.25) is 0 Å². The van der Waals surface area contributed by atoms with Crippen LogP contribution >= 0.6 is 0 Å². The Labute approximate surface area is 135 Å². The fourth-order valence-corrected chi connectivity index (χ4v) is 2.85. The van der Waals surface area contributed by atoms with Crippen molar-refractivity contribution in [3.8, 4) is 0 Å². The number of pyridine rings is 1. The minimum atomic E-state index is -0.367. The lowest BCUT2D eigenvalue weighted by atomic mass is 10.1. The number of rotatable bonds is 4. The van der Waals surface area contributed by atoms with Gasteiger partial charge in [0.1, 0.15) is 13.2 Å². The van der Waals surface area contributed by atoms with E-state index in [-0.39, 0.29) is 25.0 Å². The lowest BCUT2D eigenvalue weighted by Crippen LogP contribution is -2.35. The first-order valence-electron chi connectivity index (χ1n) is 8.00. The van der Waals surface area contributed by atoms with Gasteiger partial charge in [-0.1, -0.05) is 30.7 Å². The Morgan fingerprint density at radius 3 is 2.96 bits per heavy atom. The molecule has 3 rings (SSSR count). The zero-order chi connectivity index (χ0) is 16.1. The minimum absolute atomic E-state index is 0.0387. The fourth-order valence-electron chi connectivity index (χ4n) is 2.85. The standard InChI is InChI=1S/C18H20N2O3/c21-16-9-2-1-3-11-20(16)12-17(22)23-13-15-7-4-6-14-8-5-10-19-18(14)15/h4-8,10H,1-3,9,11-13H2. The topological polar surface area (TPSA) is 59.5 Å². The molecular weight excluding hydrogens is 292 g/mol. The van der Waals surface area contributed by atoms with Gasteiger partial charge in [-0.15, -0.1) is 0 Å². The fraction of sp³-hybridized carbons (Fsp3) is 0.389. The third-order valence-electron chi connectivity index (χ3n) is 4.10. The highest BCUT2D eigenvalue weighted by Gasteiger charge is 2.20. The third-order valence-corrected chi connectivity index (χ3v) is 4.10. The second-order valence-electron chi connectivity index (χ2n) is 5.78. The Morgan fingerprint density at radius 2 is 2.04 bits per heavy atom. The van der Waals surface area contributed by atoms with Crippen molar-refractivity contribution >= 4 is 22.8 Å². The van der Waals surface area contributed by atoms with Crippen molar-refractivity contribution < 1.29 is 14.3 Å². The molecule has 1 fully saturated rings. The smallest absolute Gasteiger partial charge is 0.325 e. The van der Waals surface area contributed by atoms with Crippen LogP contribution in [0.15, 0.2) is 36.5 Å². The van der Waals surface area contributed by atoms with Crippen molar-refractivity contribution in [2.75, 3.05) is 13.1 Å². The second kappa shape index (κ2) is 7.22. The lowest BCUT2D eigenvalue weighted by molar-refractivity contribution is -0.150. The number of carbonyl (C=O) groups excluding carboxylic acids is 2. The average molecular weight is 312 g/mol. The predicted octanol–water partition coefficient (Wildman–Crippen LogP) is 2.68. The Morgan fingerprint density at radius 1 is 1.17 bits per heavy atom. The molecule has 0 unspecified atom stereocenters. The molecule has 5 nitrogen and oxygen atoms in total. The van der Waals surface area contributed by atoms with Crippen LogP contribution < -0.4 is 0 Å². The van der Waals surface area contributed by atoms with E-state index >= 15 is 0 Å². The first-order chi connectivity index (χ1) is 11.2. The van der Waals surface area contributed by atoms with Gasteiger partial charge in [0.15, 0.2) is 0 Å². The molecule has 1 aromatic carbocycles. The maximum absolute atomic E-state index is 12.0. The molecule has 1 amide bonds. The molecule has 5 heteroatoms. The van der Waals surface area contributed by atoms with Gasteiger partial charge in [0.2, 0.25) is 5.91 Å². The normalized spacial score (nSPS) is 15.5. The third kappa shape index (κ3) is 3.86. The quantitative estimate of drug-likeness (QED) is 0.814. The van der Waals surface area contributed by atoms with Crippen molar-refractivity contribution in [1.82, 2.24) is 9.88 Å². The monoisotopic (exact) mass is 312 g/mol. The van der Waals surface area contributed by atoms with Crippen LogP contribution in [0.3, 0.4) is 0 Å². The number of hydrogen-bond donors (Lipinski definition) is 0. The number of carbonyl (C=O) groups is 2. The minimum Gasteiger partial charge on any atom is -0.459 e. The van der Waals surface area contributed by atoms with Crippen LogP contribution in [0.5, 0.6) is 0 Å². The number of nitrogens with zero attached hydrogens (tertiary/aromatic N) is 2. The molecule has 0 N–H and O–H groups in total. The Kier molecular flexibility index (Phi) is 4.86. The molecule has 0 bridgehead atoms. The van der Waals surface area contributed by atoms with Gasteiger partial charge in [0.05, 0.1) is 5.52 Å². The summed E-state index contributed by atoms with van der Waals surface area (Å²) >= 11 is 0. The number of amides is 1. The van der Waals surface area contributed by atoms with Gasteiger partial charge in [-0.3, -0.25) is 14.6 Å². The highest BCUT2D eigenvalue weighted by atomic mass is 16.5. The number of aromatic nitrogens is 1. The molecule has 1 aromatic heterocycles. The second-order valence-corrected chi connectivity index (χ2v) is 5.78. The molecule has 0 spiro atoms. The Balaban J connectivity index is 1.61. The molecule has 23 heavy (non-hydrogen) atoms. The summed E-state index contributed by atoms with van der Waals surface area (Å²) in [6.45, 7) is 0.857. The van der Waals surface area contributed by atoms with Crippen LogP contribution in [0.25, 0.3) is 10.9 Å². The van der Waals surface area contributed by atoms with Gasteiger partial charge in [0.25, 0.3) is 0 Å². The SMILES string of the molecule is O=C(CN1CCCCCC1=O)OCc1cccc2cccnc12. The summed E-state index contributed by atoms with van der Waals surface area (Å²) in [4.78, 5) is 29.9. The highest BCUT2D eigenvalue weighted by Crippen LogP contribution is 2.17. The maximum atomic E-state index is 12.0. The molecule has 1 aliphatic heterocycles. The lowest BCUT2D eigenvalue weighted by Gasteiger charge is -2.19. The molecule has 0 radical (unpaired) electrons. The van der Waals surface area contributed by atoms with E-state index in [9.17, 15) is 9.59 Å². The number of esters is 1. The molecule has 0 atom stereocenters. The number of fused-ring (bicyclic) bond motifs is 1. The summed E-state index contributed by atoms with van der Waals surface area (Å²) in [5.74, 6) is -0.320. The van der Waals surface area contributed by atoms with Crippen molar-refractivity contribution in [2.45, 2.75) is 32.3 Å². The molecular formula is C18H20N2O3. The molecule has 1 saturated heterocycles. The van der Waals surface area contributed by atoms with E-state index in [1.54, 1.807) is 11.1 Å². The van der Waals surface area contributed by atoms with E-state index in [0.29, 0.717) is 13.0 Å². The van der Waals surface area contributed by atoms with Gasteiger partial charge in [-0.2, -0.15) is 0 Å². The van der Waals surface area contributed by atoms with Gasteiger partial charge in [-0.05, 0) is 18.9 Å². The number of benzene rings is 1. The molecule has 0 aliphatic carbocycles. The largest absolute Gasteiger partial charge is 0.459 e. The van der Waals surface area contributed by atoms with Gasteiger partial charge in [-0.25, -0.2) is 0 Å². The first-order valence-corrected chi connectivity index (χ1v) is 8.00. The van der Waals surface area contributed by atoms with E-state index in [1.807, 2.05) is 30.3 Å². The van der Waals surface area contributed by atoms with Crippen LogP contribution in [0, 0.1) is 0 Å². The van der Waals surface area contributed by atoms with E-state index in [4.69, 9.17) is 4.74 Å². The van der Waals surface area contributed by atoms with Crippen molar-refractivity contribution in [2.24, 2.45) is 0 Å². The summed E-state index contributed by atoms with van der Waals surface area (Å²) in [5.41, 5.74) is 1.72. The van der Waals surface area contributed by atoms with Gasteiger partial charge >= 0.3 is 5.97 Å². The van der Waals surface area contributed by atoms with Crippen LogP contribution in [-0.4, -0.2) is 34.8 Å². The zero-order valence-electron chi connectivity index (χ0n) is 13.0. The van der Waals surface area contributed by atoms with E-state index in [2.05, 4.69) is 4.98 Å². The molecule has 2 heterocycles. The number of likely N-dealkylation sites (tertiary alicyclic amines) is 1. The van der Waals surface area contributed by atoms with Crippen LogP contribution in [0.4, 0.5) is 0 Å². The Hall–Kier alpha value is -2.43. The van der Waals surface area contributed by atoms with E-state index in [1.165, 1.54) is 0 Å². The molecule has 120 valence electrons. The summed E-state index contributed by atoms with van der Waals surface area (Å²) in [5, 5.41) is 1.02.